The smallest absolute Gasteiger partial charge is 0.257 e. The normalized spacial score (nSPS) is 9.96. The molecule has 0 radical (unpaired) electrons. The number of carbonyl (C=O) groups excluding carboxylic acids is 1. The first kappa shape index (κ1) is 17.7. The molecule has 124 valence electrons. The van der Waals surface area contributed by atoms with Crippen LogP contribution in [-0.2, 0) is 6.54 Å². The fraction of sp³-hybridized carbons (Fsp3) is 0.211. The Morgan fingerprint density at radius 1 is 1.12 bits per heavy atom. The first-order valence-corrected chi connectivity index (χ1v) is 7.49. The van der Waals surface area contributed by atoms with Gasteiger partial charge in [-0.15, -0.1) is 0 Å². The molecule has 0 unspecified atom stereocenters. The molecule has 5 heteroatoms. The van der Waals surface area contributed by atoms with E-state index < -0.39 is 11.7 Å². The van der Waals surface area contributed by atoms with Crippen LogP contribution in [-0.4, -0.2) is 40.8 Å². The number of aliphatic hydroxyl groups excluding tert-OH is 2. The van der Waals surface area contributed by atoms with Gasteiger partial charge < -0.3 is 15.1 Å². The van der Waals surface area contributed by atoms with E-state index in [1.807, 2.05) is 30.3 Å². The lowest BCUT2D eigenvalue weighted by Crippen LogP contribution is -2.33. The van der Waals surface area contributed by atoms with Gasteiger partial charge >= 0.3 is 0 Å². The van der Waals surface area contributed by atoms with Crippen molar-refractivity contribution in [2.45, 2.75) is 6.54 Å². The molecule has 0 aliphatic heterocycles. The molecule has 0 saturated carbocycles. The van der Waals surface area contributed by atoms with Crippen LogP contribution in [0.5, 0.6) is 0 Å². The summed E-state index contributed by atoms with van der Waals surface area (Å²) in [7, 11) is 0. The van der Waals surface area contributed by atoms with Crippen molar-refractivity contribution in [2.75, 3.05) is 19.8 Å². The van der Waals surface area contributed by atoms with Gasteiger partial charge in [0.1, 0.15) is 12.4 Å². The van der Waals surface area contributed by atoms with Gasteiger partial charge in [0.15, 0.2) is 0 Å². The molecule has 1 amide bonds. The van der Waals surface area contributed by atoms with Crippen LogP contribution in [0.4, 0.5) is 4.39 Å². The van der Waals surface area contributed by atoms with Gasteiger partial charge in [-0.25, -0.2) is 4.39 Å². The number of nitrogens with zero attached hydrogens (tertiary/aromatic N) is 1. The Kier molecular flexibility index (Phi) is 6.50. The number of halogens is 1. The number of hydrogen-bond donors (Lipinski definition) is 2. The third-order valence-electron chi connectivity index (χ3n) is 3.38. The summed E-state index contributed by atoms with van der Waals surface area (Å²) in [4.78, 5) is 14.0. The number of carbonyl (C=O) groups is 1. The van der Waals surface area contributed by atoms with E-state index in [0.29, 0.717) is 5.56 Å². The first-order chi connectivity index (χ1) is 11.7. The highest BCUT2D eigenvalue weighted by Gasteiger charge is 2.19. The molecule has 0 bridgehead atoms. The monoisotopic (exact) mass is 327 g/mol. The van der Waals surface area contributed by atoms with Crippen LogP contribution in [0.2, 0.25) is 0 Å². The standard InChI is InChI=1S/C19H18FNO3/c20-18-13-15(7-4-11-22)8-9-17(18)19(24)21(10-12-23)14-16-5-2-1-3-6-16/h1-3,5-6,8-9,13,22-23H,10-12,14H2. The van der Waals surface area contributed by atoms with E-state index in [4.69, 9.17) is 5.11 Å². The van der Waals surface area contributed by atoms with E-state index >= 15 is 0 Å². The summed E-state index contributed by atoms with van der Waals surface area (Å²) in [5.41, 5.74) is 1.20. The molecule has 2 aromatic rings. The quantitative estimate of drug-likeness (QED) is 0.824. The minimum absolute atomic E-state index is 0.0751. The third-order valence-corrected chi connectivity index (χ3v) is 3.38. The zero-order chi connectivity index (χ0) is 17.4. The molecule has 0 aromatic heterocycles. The third kappa shape index (κ3) is 4.66. The number of hydrogen-bond acceptors (Lipinski definition) is 3. The average Bonchev–Trinajstić information content (AvgIpc) is 2.60. The minimum atomic E-state index is -0.680. The molecule has 0 heterocycles. The number of aliphatic hydroxyl groups is 2. The molecule has 2 aromatic carbocycles. The van der Waals surface area contributed by atoms with Crippen molar-refractivity contribution < 1.29 is 19.4 Å². The van der Waals surface area contributed by atoms with Crippen molar-refractivity contribution in [1.29, 1.82) is 0 Å². The van der Waals surface area contributed by atoms with E-state index in [1.165, 1.54) is 17.0 Å². The van der Waals surface area contributed by atoms with Gasteiger partial charge in [-0.1, -0.05) is 42.2 Å². The molecule has 4 nitrogen and oxygen atoms in total. The molecule has 0 atom stereocenters. The van der Waals surface area contributed by atoms with Crippen molar-refractivity contribution in [3.05, 3.63) is 71.0 Å². The van der Waals surface area contributed by atoms with E-state index in [0.717, 1.165) is 11.6 Å². The Balaban J connectivity index is 2.23. The molecule has 0 aliphatic carbocycles. The van der Waals surface area contributed by atoms with Crippen LogP contribution >= 0.6 is 0 Å². The maximum atomic E-state index is 14.2. The number of benzene rings is 2. The number of rotatable bonds is 5. The van der Waals surface area contributed by atoms with Crippen LogP contribution in [0.1, 0.15) is 21.5 Å². The van der Waals surface area contributed by atoms with E-state index in [1.54, 1.807) is 0 Å². The largest absolute Gasteiger partial charge is 0.395 e. The Morgan fingerprint density at radius 2 is 1.88 bits per heavy atom. The van der Waals surface area contributed by atoms with Crippen LogP contribution in [0, 0.1) is 17.7 Å². The second kappa shape index (κ2) is 8.82. The summed E-state index contributed by atoms with van der Waals surface area (Å²) in [5.74, 6) is 3.84. The Labute approximate surface area is 140 Å². The molecule has 0 spiro atoms. The molecular weight excluding hydrogens is 309 g/mol. The maximum absolute atomic E-state index is 14.2. The maximum Gasteiger partial charge on any atom is 0.257 e. The van der Waals surface area contributed by atoms with Crippen molar-refractivity contribution in [3.8, 4) is 11.8 Å². The zero-order valence-electron chi connectivity index (χ0n) is 13.1. The van der Waals surface area contributed by atoms with Crippen LogP contribution in [0.25, 0.3) is 0 Å². The lowest BCUT2D eigenvalue weighted by molar-refractivity contribution is 0.0703. The van der Waals surface area contributed by atoms with Crippen LogP contribution < -0.4 is 0 Å². The molecule has 2 N–H and O–H groups in total. The average molecular weight is 327 g/mol. The second-order valence-electron chi connectivity index (χ2n) is 5.09. The summed E-state index contributed by atoms with van der Waals surface area (Å²) in [6, 6.07) is 13.4. The topological polar surface area (TPSA) is 60.8 Å². The molecule has 2 rings (SSSR count). The van der Waals surface area contributed by atoms with Crippen LogP contribution in [0.3, 0.4) is 0 Å². The lowest BCUT2D eigenvalue weighted by atomic mass is 10.1. The van der Waals surface area contributed by atoms with Gasteiger partial charge in [0.25, 0.3) is 5.91 Å². The molecule has 0 fully saturated rings. The molecule has 0 aliphatic rings. The number of amides is 1. The highest BCUT2D eigenvalue weighted by Crippen LogP contribution is 2.15. The van der Waals surface area contributed by atoms with Gasteiger partial charge in [-0.3, -0.25) is 4.79 Å². The highest BCUT2D eigenvalue weighted by atomic mass is 19.1. The Bertz CT molecular complexity index is 750. The van der Waals surface area contributed by atoms with Gasteiger partial charge in [0.05, 0.1) is 12.2 Å². The summed E-state index contributed by atoms with van der Waals surface area (Å²) in [6.07, 6.45) is 0. The van der Waals surface area contributed by atoms with Crippen molar-refractivity contribution in [2.24, 2.45) is 0 Å². The summed E-state index contributed by atoms with van der Waals surface area (Å²) >= 11 is 0. The summed E-state index contributed by atoms with van der Waals surface area (Å²) in [5, 5.41) is 17.9. The summed E-state index contributed by atoms with van der Waals surface area (Å²) < 4.78 is 14.2. The van der Waals surface area contributed by atoms with Crippen LogP contribution in [0.15, 0.2) is 48.5 Å². The van der Waals surface area contributed by atoms with Gasteiger partial charge in [-0.2, -0.15) is 0 Å². The van der Waals surface area contributed by atoms with Gasteiger partial charge in [-0.05, 0) is 23.8 Å². The predicted molar refractivity (Wildman–Crippen MR) is 88.6 cm³/mol. The molecular formula is C19H18FNO3. The second-order valence-corrected chi connectivity index (χ2v) is 5.09. The predicted octanol–water partition coefficient (Wildman–Crippen LogP) is 1.80. The van der Waals surface area contributed by atoms with Crippen molar-refractivity contribution >= 4 is 5.91 Å². The van der Waals surface area contributed by atoms with Crippen molar-refractivity contribution in [1.82, 2.24) is 4.90 Å². The van der Waals surface area contributed by atoms with Crippen molar-refractivity contribution in [3.63, 3.8) is 0 Å². The van der Waals surface area contributed by atoms with E-state index in [-0.39, 0.29) is 31.9 Å². The van der Waals surface area contributed by atoms with E-state index in [2.05, 4.69) is 11.8 Å². The fourth-order valence-corrected chi connectivity index (χ4v) is 2.26. The zero-order valence-corrected chi connectivity index (χ0v) is 13.1. The Morgan fingerprint density at radius 3 is 2.50 bits per heavy atom. The Hall–Kier alpha value is -2.68. The highest BCUT2D eigenvalue weighted by molar-refractivity contribution is 5.94. The fourth-order valence-electron chi connectivity index (χ4n) is 2.26. The SMILES string of the molecule is O=C(c1ccc(C#CCO)cc1F)N(CCO)Cc1ccccc1. The first-order valence-electron chi connectivity index (χ1n) is 7.49. The van der Waals surface area contributed by atoms with Gasteiger partial charge in [0, 0.05) is 18.7 Å². The van der Waals surface area contributed by atoms with E-state index in [9.17, 15) is 14.3 Å². The van der Waals surface area contributed by atoms with Gasteiger partial charge in [0.2, 0.25) is 0 Å². The molecule has 0 saturated heterocycles. The summed E-state index contributed by atoms with van der Waals surface area (Å²) in [6.45, 7) is -0.130. The minimum Gasteiger partial charge on any atom is -0.395 e. The molecule has 24 heavy (non-hydrogen) atoms. The lowest BCUT2D eigenvalue weighted by Gasteiger charge is -2.22.